The van der Waals surface area contributed by atoms with Crippen molar-refractivity contribution < 1.29 is 19.7 Å². The second-order valence-electron chi connectivity index (χ2n) is 3.65. The van der Waals surface area contributed by atoms with Gasteiger partial charge in [-0.1, -0.05) is 0 Å². The van der Waals surface area contributed by atoms with Crippen molar-refractivity contribution in [2.75, 3.05) is 19.8 Å². The zero-order valence-electron chi connectivity index (χ0n) is 8.11. The van der Waals surface area contributed by atoms with Gasteiger partial charge in [-0.2, -0.15) is 0 Å². The predicted octanol–water partition coefficient (Wildman–Crippen LogP) is 0.432. The SMILES string of the molecule is O=C(O)N[C@H](CO)C[C@H]1CCCOC1. The highest BCUT2D eigenvalue weighted by molar-refractivity contribution is 5.64. The lowest BCUT2D eigenvalue weighted by Gasteiger charge is -2.25. The van der Waals surface area contributed by atoms with Crippen LogP contribution in [0.4, 0.5) is 4.79 Å². The largest absolute Gasteiger partial charge is 0.465 e. The van der Waals surface area contributed by atoms with E-state index in [4.69, 9.17) is 14.9 Å². The molecule has 1 aliphatic heterocycles. The van der Waals surface area contributed by atoms with Crippen molar-refractivity contribution in [2.45, 2.75) is 25.3 Å². The van der Waals surface area contributed by atoms with Gasteiger partial charge in [0.15, 0.2) is 0 Å². The molecule has 1 heterocycles. The Kier molecular flexibility index (Phi) is 4.69. The molecule has 0 unspecified atom stereocenters. The molecule has 0 saturated carbocycles. The van der Waals surface area contributed by atoms with Gasteiger partial charge in [0.25, 0.3) is 0 Å². The van der Waals surface area contributed by atoms with Crippen molar-refractivity contribution in [1.29, 1.82) is 0 Å². The van der Waals surface area contributed by atoms with Crippen LogP contribution in [-0.2, 0) is 4.74 Å². The first kappa shape index (κ1) is 11.3. The van der Waals surface area contributed by atoms with Gasteiger partial charge in [0.05, 0.1) is 12.6 Å². The van der Waals surface area contributed by atoms with Crippen molar-refractivity contribution >= 4 is 6.09 Å². The second kappa shape index (κ2) is 5.82. The number of amides is 1. The van der Waals surface area contributed by atoms with Gasteiger partial charge in [-0.3, -0.25) is 0 Å². The van der Waals surface area contributed by atoms with E-state index < -0.39 is 6.09 Å². The summed E-state index contributed by atoms with van der Waals surface area (Å²) in [6.45, 7) is 1.33. The highest BCUT2D eigenvalue weighted by Gasteiger charge is 2.19. The summed E-state index contributed by atoms with van der Waals surface area (Å²) in [6, 6.07) is -0.362. The van der Waals surface area contributed by atoms with Gasteiger partial charge in [-0.25, -0.2) is 4.79 Å². The van der Waals surface area contributed by atoms with E-state index in [9.17, 15) is 4.79 Å². The van der Waals surface area contributed by atoms with Crippen LogP contribution in [0.15, 0.2) is 0 Å². The van der Waals surface area contributed by atoms with Crippen molar-refractivity contribution in [3.05, 3.63) is 0 Å². The zero-order valence-corrected chi connectivity index (χ0v) is 8.11. The van der Waals surface area contributed by atoms with Crippen LogP contribution in [0.2, 0.25) is 0 Å². The van der Waals surface area contributed by atoms with E-state index in [0.717, 1.165) is 19.4 Å². The first-order valence-corrected chi connectivity index (χ1v) is 4.90. The van der Waals surface area contributed by atoms with Gasteiger partial charge >= 0.3 is 6.09 Å². The highest BCUT2D eigenvalue weighted by atomic mass is 16.5. The Balaban J connectivity index is 2.27. The number of rotatable bonds is 4. The minimum absolute atomic E-state index is 0.150. The molecule has 0 radical (unpaired) electrons. The smallest absolute Gasteiger partial charge is 0.404 e. The number of aliphatic hydroxyl groups is 1. The number of carboxylic acid groups (broad SMARTS) is 1. The van der Waals surface area contributed by atoms with Crippen molar-refractivity contribution in [1.82, 2.24) is 5.32 Å². The first-order valence-electron chi connectivity index (χ1n) is 4.90. The molecule has 0 aromatic carbocycles. The minimum Gasteiger partial charge on any atom is -0.465 e. The molecule has 0 spiro atoms. The fourth-order valence-electron chi connectivity index (χ4n) is 1.75. The monoisotopic (exact) mass is 203 g/mol. The van der Waals surface area contributed by atoms with E-state index in [0.29, 0.717) is 18.9 Å². The average molecular weight is 203 g/mol. The van der Waals surface area contributed by atoms with Crippen LogP contribution < -0.4 is 5.32 Å². The lowest BCUT2D eigenvalue weighted by molar-refractivity contribution is 0.0441. The third kappa shape index (κ3) is 3.93. The van der Waals surface area contributed by atoms with E-state index in [2.05, 4.69) is 5.32 Å². The average Bonchev–Trinajstić information content (AvgIpc) is 2.17. The van der Waals surface area contributed by atoms with Gasteiger partial charge in [-0.15, -0.1) is 0 Å². The van der Waals surface area contributed by atoms with Gasteiger partial charge in [-0.05, 0) is 25.2 Å². The molecule has 1 aliphatic rings. The summed E-state index contributed by atoms with van der Waals surface area (Å²) in [4.78, 5) is 10.4. The standard InChI is InChI=1S/C9H17NO4/c11-5-8(10-9(12)13)4-7-2-1-3-14-6-7/h7-8,10-11H,1-6H2,(H,12,13)/t7-,8+/m1/s1. The van der Waals surface area contributed by atoms with E-state index in [-0.39, 0.29) is 12.6 Å². The molecule has 0 aromatic rings. The molecular weight excluding hydrogens is 186 g/mol. The second-order valence-corrected chi connectivity index (χ2v) is 3.65. The normalized spacial score (nSPS) is 24.2. The quantitative estimate of drug-likeness (QED) is 0.619. The maximum absolute atomic E-state index is 10.4. The zero-order chi connectivity index (χ0) is 10.4. The van der Waals surface area contributed by atoms with E-state index in [1.807, 2.05) is 0 Å². The van der Waals surface area contributed by atoms with E-state index in [1.54, 1.807) is 0 Å². The lowest BCUT2D eigenvalue weighted by atomic mass is 9.95. The van der Waals surface area contributed by atoms with Crippen molar-refractivity contribution in [3.63, 3.8) is 0 Å². The Morgan fingerprint density at radius 1 is 1.64 bits per heavy atom. The fraction of sp³-hybridized carbons (Fsp3) is 0.889. The summed E-state index contributed by atoms with van der Waals surface area (Å²) in [5.74, 6) is 0.368. The number of aliphatic hydroxyl groups excluding tert-OH is 1. The summed E-state index contributed by atoms with van der Waals surface area (Å²) >= 11 is 0. The minimum atomic E-state index is -1.08. The first-order chi connectivity index (χ1) is 6.72. The molecule has 5 nitrogen and oxygen atoms in total. The van der Waals surface area contributed by atoms with Gasteiger partial charge in [0.1, 0.15) is 0 Å². The molecule has 1 fully saturated rings. The molecule has 3 N–H and O–H groups in total. The number of hydrogen-bond acceptors (Lipinski definition) is 3. The summed E-state index contributed by atoms with van der Waals surface area (Å²) in [7, 11) is 0. The topological polar surface area (TPSA) is 78.8 Å². The van der Waals surface area contributed by atoms with Gasteiger partial charge in [0, 0.05) is 13.2 Å². The number of hydrogen-bond donors (Lipinski definition) is 3. The van der Waals surface area contributed by atoms with Crippen LogP contribution in [0.25, 0.3) is 0 Å². The lowest BCUT2D eigenvalue weighted by Crippen LogP contribution is -2.39. The van der Waals surface area contributed by atoms with E-state index >= 15 is 0 Å². The maximum Gasteiger partial charge on any atom is 0.404 e. The molecule has 0 bridgehead atoms. The Morgan fingerprint density at radius 2 is 2.43 bits per heavy atom. The molecule has 0 aromatic heterocycles. The molecule has 5 heteroatoms. The van der Waals surface area contributed by atoms with Gasteiger partial charge < -0.3 is 20.3 Å². The Morgan fingerprint density at radius 3 is 2.93 bits per heavy atom. The Bertz CT molecular complexity index is 180. The number of nitrogens with one attached hydrogen (secondary N) is 1. The fourth-order valence-corrected chi connectivity index (χ4v) is 1.75. The molecule has 0 aliphatic carbocycles. The molecular formula is C9H17NO4. The summed E-state index contributed by atoms with van der Waals surface area (Å²) in [6.07, 6.45) is 1.65. The van der Waals surface area contributed by atoms with Crippen molar-refractivity contribution in [3.8, 4) is 0 Å². The molecule has 1 amide bonds. The molecule has 1 rings (SSSR count). The third-order valence-corrected chi connectivity index (χ3v) is 2.42. The van der Waals surface area contributed by atoms with Crippen LogP contribution in [0.1, 0.15) is 19.3 Å². The molecule has 1 saturated heterocycles. The summed E-state index contributed by atoms with van der Waals surface area (Å²) < 4.78 is 5.28. The van der Waals surface area contributed by atoms with Crippen molar-refractivity contribution in [2.24, 2.45) is 5.92 Å². The Hall–Kier alpha value is -0.810. The number of carbonyl (C=O) groups is 1. The van der Waals surface area contributed by atoms with Gasteiger partial charge in [0.2, 0.25) is 0 Å². The maximum atomic E-state index is 10.4. The van der Waals surface area contributed by atoms with Crippen LogP contribution in [-0.4, -0.2) is 42.2 Å². The van der Waals surface area contributed by atoms with Crippen LogP contribution in [0.3, 0.4) is 0 Å². The summed E-state index contributed by atoms with van der Waals surface area (Å²) in [5.41, 5.74) is 0. The van der Waals surface area contributed by atoms with Crippen LogP contribution >= 0.6 is 0 Å². The predicted molar refractivity (Wildman–Crippen MR) is 50.2 cm³/mol. The van der Waals surface area contributed by atoms with E-state index in [1.165, 1.54) is 0 Å². The highest BCUT2D eigenvalue weighted by Crippen LogP contribution is 2.18. The molecule has 14 heavy (non-hydrogen) atoms. The molecule has 2 atom stereocenters. The van der Waals surface area contributed by atoms with Crippen LogP contribution in [0.5, 0.6) is 0 Å². The Labute approximate surface area is 83.1 Å². The summed E-state index contributed by atoms with van der Waals surface area (Å²) in [5, 5.41) is 19.7. The number of ether oxygens (including phenoxy) is 1. The van der Waals surface area contributed by atoms with Crippen LogP contribution in [0, 0.1) is 5.92 Å². The molecule has 82 valence electrons. The third-order valence-electron chi connectivity index (χ3n) is 2.42.